The van der Waals surface area contributed by atoms with Crippen molar-refractivity contribution in [3.63, 3.8) is 0 Å². The second-order valence-corrected chi connectivity index (χ2v) is 6.49. The molecular formula is C13H8Cl2N2O3S. The molecule has 2 aromatic carbocycles. The van der Waals surface area contributed by atoms with E-state index in [0.29, 0.717) is 0 Å². The predicted molar refractivity (Wildman–Crippen MR) is 80.1 cm³/mol. The summed E-state index contributed by atoms with van der Waals surface area (Å²) in [5.41, 5.74) is 0.254. The van der Waals surface area contributed by atoms with Crippen LogP contribution < -0.4 is 4.72 Å². The molecule has 8 heteroatoms. The fourth-order valence-electron chi connectivity index (χ4n) is 1.57. The van der Waals surface area contributed by atoms with Crippen molar-refractivity contribution in [3.05, 3.63) is 52.0 Å². The molecule has 0 unspecified atom stereocenters. The fraction of sp³-hybridized carbons (Fsp3) is 0. The largest absolute Gasteiger partial charge is 0.508 e. The number of halogens is 2. The maximum atomic E-state index is 12.3. The minimum atomic E-state index is -4.01. The molecule has 0 spiro atoms. The molecule has 0 aromatic heterocycles. The molecule has 0 atom stereocenters. The summed E-state index contributed by atoms with van der Waals surface area (Å²) in [4.78, 5) is -0.229. The number of phenolic OH excluding ortho intramolecular Hbond substituents is 1. The molecule has 2 aromatic rings. The highest BCUT2D eigenvalue weighted by atomic mass is 35.5. The number of hydrogen-bond donors (Lipinski definition) is 2. The third-order valence-electron chi connectivity index (χ3n) is 2.55. The van der Waals surface area contributed by atoms with Crippen LogP contribution in [0.15, 0.2) is 41.3 Å². The second-order valence-electron chi connectivity index (χ2n) is 4.03. The standard InChI is InChI=1S/C13H8Cl2N2O3S/c14-10-3-1-8(7-16)5-13(10)21(19,20)17-12-4-2-9(18)6-11(12)15/h1-6,17-18H. The Morgan fingerprint density at radius 1 is 1.10 bits per heavy atom. The van der Waals surface area contributed by atoms with Gasteiger partial charge in [0.1, 0.15) is 10.6 Å². The third kappa shape index (κ3) is 3.39. The van der Waals surface area contributed by atoms with Crippen molar-refractivity contribution < 1.29 is 13.5 Å². The highest BCUT2D eigenvalue weighted by Gasteiger charge is 2.20. The van der Waals surface area contributed by atoms with Gasteiger partial charge in [-0.1, -0.05) is 23.2 Å². The topological polar surface area (TPSA) is 90.2 Å². The van der Waals surface area contributed by atoms with Crippen LogP contribution in [0.3, 0.4) is 0 Å². The Kier molecular flexibility index (Phi) is 4.28. The maximum absolute atomic E-state index is 12.3. The number of hydrogen-bond acceptors (Lipinski definition) is 4. The molecule has 0 aliphatic carbocycles. The number of nitrogens with one attached hydrogen (secondary N) is 1. The molecule has 0 heterocycles. The van der Waals surface area contributed by atoms with Crippen LogP contribution in [-0.4, -0.2) is 13.5 Å². The molecule has 108 valence electrons. The molecule has 0 amide bonds. The van der Waals surface area contributed by atoms with Crippen LogP contribution in [0.4, 0.5) is 5.69 Å². The van der Waals surface area contributed by atoms with E-state index >= 15 is 0 Å². The summed E-state index contributed by atoms with van der Waals surface area (Å²) in [6.45, 7) is 0. The molecule has 2 N–H and O–H groups in total. The van der Waals surface area contributed by atoms with Crippen LogP contribution in [0.5, 0.6) is 5.75 Å². The van der Waals surface area contributed by atoms with Gasteiger partial charge in [0.15, 0.2) is 0 Å². The van der Waals surface area contributed by atoms with Gasteiger partial charge in [0, 0.05) is 6.07 Å². The van der Waals surface area contributed by atoms with Gasteiger partial charge in [0.25, 0.3) is 10.0 Å². The van der Waals surface area contributed by atoms with Gasteiger partial charge in [-0.2, -0.15) is 5.26 Å². The Bertz CT molecular complexity index is 845. The van der Waals surface area contributed by atoms with Gasteiger partial charge in [-0.05, 0) is 30.3 Å². The number of nitrogens with zero attached hydrogens (tertiary/aromatic N) is 1. The number of nitriles is 1. The zero-order valence-electron chi connectivity index (χ0n) is 10.3. The van der Waals surface area contributed by atoms with Gasteiger partial charge in [0.2, 0.25) is 0 Å². The molecule has 21 heavy (non-hydrogen) atoms. The van der Waals surface area contributed by atoms with E-state index in [2.05, 4.69) is 4.72 Å². The summed E-state index contributed by atoms with van der Waals surface area (Å²) >= 11 is 11.7. The number of benzene rings is 2. The maximum Gasteiger partial charge on any atom is 0.263 e. The quantitative estimate of drug-likeness (QED) is 0.836. The summed E-state index contributed by atoms with van der Waals surface area (Å²) < 4.78 is 26.9. The van der Waals surface area contributed by atoms with E-state index in [1.54, 1.807) is 0 Å². The summed E-state index contributed by atoms with van der Waals surface area (Å²) in [7, 11) is -4.01. The Morgan fingerprint density at radius 2 is 1.81 bits per heavy atom. The van der Waals surface area contributed by atoms with Crippen molar-refractivity contribution >= 4 is 38.9 Å². The molecular weight excluding hydrogens is 335 g/mol. The Balaban J connectivity index is 2.46. The Labute approximate surface area is 131 Å². The van der Waals surface area contributed by atoms with Gasteiger partial charge < -0.3 is 5.11 Å². The number of anilines is 1. The molecule has 0 saturated heterocycles. The Morgan fingerprint density at radius 3 is 2.43 bits per heavy atom. The highest BCUT2D eigenvalue weighted by Crippen LogP contribution is 2.30. The van der Waals surface area contributed by atoms with Gasteiger partial charge >= 0.3 is 0 Å². The summed E-state index contributed by atoms with van der Waals surface area (Å²) in [6, 6.07) is 9.55. The van der Waals surface area contributed by atoms with E-state index < -0.39 is 10.0 Å². The molecule has 5 nitrogen and oxygen atoms in total. The first-order valence-corrected chi connectivity index (χ1v) is 7.78. The van der Waals surface area contributed by atoms with Crippen molar-refractivity contribution in [1.82, 2.24) is 0 Å². The van der Waals surface area contributed by atoms with E-state index in [1.807, 2.05) is 6.07 Å². The second kappa shape index (κ2) is 5.82. The first-order chi connectivity index (χ1) is 9.83. The van der Waals surface area contributed by atoms with Crippen LogP contribution in [0.25, 0.3) is 0 Å². The van der Waals surface area contributed by atoms with Crippen LogP contribution in [0.2, 0.25) is 10.0 Å². The minimum Gasteiger partial charge on any atom is -0.508 e. The summed E-state index contributed by atoms with van der Waals surface area (Å²) in [6.07, 6.45) is 0. The van der Waals surface area contributed by atoms with Crippen LogP contribution >= 0.6 is 23.2 Å². The molecule has 0 aliphatic heterocycles. The molecule has 0 radical (unpaired) electrons. The zero-order chi connectivity index (χ0) is 15.6. The SMILES string of the molecule is N#Cc1ccc(Cl)c(S(=O)(=O)Nc2ccc(O)cc2Cl)c1. The normalized spacial score (nSPS) is 10.9. The van der Waals surface area contributed by atoms with Crippen molar-refractivity contribution in [2.24, 2.45) is 0 Å². The molecule has 0 bridgehead atoms. The average molecular weight is 343 g/mol. The fourth-order valence-corrected chi connectivity index (χ4v) is 3.45. The molecule has 0 saturated carbocycles. The van der Waals surface area contributed by atoms with Gasteiger partial charge in [0.05, 0.1) is 27.4 Å². The molecule has 2 rings (SSSR count). The lowest BCUT2D eigenvalue weighted by Gasteiger charge is -2.11. The number of aromatic hydroxyl groups is 1. The number of rotatable bonds is 3. The van der Waals surface area contributed by atoms with Gasteiger partial charge in [-0.25, -0.2) is 8.42 Å². The van der Waals surface area contributed by atoms with Crippen LogP contribution in [0, 0.1) is 11.3 Å². The number of sulfonamides is 1. The number of phenols is 1. The molecule has 0 fully saturated rings. The lowest BCUT2D eigenvalue weighted by atomic mass is 10.2. The highest BCUT2D eigenvalue weighted by molar-refractivity contribution is 7.92. The summed E-state index contributed by atoms with van der Waals surface area (Å²) in [5.74, 6) is -0.0903. The Hall–Kier alpha value is -1.94. The van der Waals surface area contributed by atoms with Gasteiger partial charge in [-0.3, -0.25) is 4.72 Å². The van der Waals surface area contributed by atoms with Crippen molar-refractivity contribution in [1.29, 1.82) is 5.26 Å². The average Bonchev–Trinajstić information content (AvgIpc) is 2.42. The van der Waals surface area contributed by atoms with E-state index in [0.717, 1.165) is 0 Å². The van der Waals surface area contributed by atoms with Gasteiger partial charge in [-0.15, -0.1) is 0 Å². The van der Waals surface area contributed by atoms with E-state index in [9.17, 15) is 13.5 Å². The lowest BCUT2D eigenvalue weighted by Crippen LogP contribution is -2.14. The zero-order valence-corrected chi connectivity index (χ0v) is 12.7. The first kappa shape index (κ1) is 15.4. The van der Waals surface area contributed by atoms with Crippen molar-refractivity contribution in [2.75, 3.05) is 4.72 Å². The lowest BCUT2D eigenvalue weighted by molar-refractivity contribution is 0.475. The van der Waals surface area contributed by atoms with Crippen molar-refractivity contribution in [2.45, 2.75) is 4.90 Å². The van der Waals surface area contributed by atoms with Crippen LogP contribution in [0.1, 0.15) is 5.56 Å². The smallest absolute Gasteiger partial charge is 0.263 e. The monoisotopic (exact) mass is 342 g/mol. The van der Waals surface area contributed by atoms with Crippen LogP contribution in [-0.2, 0) is 10.0 Å². The summed E-state index contributed by atoms with van der Waals surface area (Å²) in [5, 5.41) is 18.1. The third-order valence-corrected chi connectivity index (χ3v) is 4.71. The van der Waals surface area contributed by atoms with E-state index in [1.165, 1.54) is 36.4 Å². The molecule has 0 aliphatic rings. The van der Waals surface area contributed by atoms with Crippen molar-refractivity contribution in [3.8, 4) is 11.8 Å². The van der Waals surface area contributed by atoms with E-state index in [4.69, 9.17) is 28.5 Å². The predicted octanol–water partition coefficient (Wildman–Crippen LogP) is 3.37. The van der Waals surface area contributed by atoms with E-state index in [-0.39, 0.29) is 31.9 Å². The minimum absolute atomic E-state index is 0.0172. The first-order valence-electron chi connectivity index (χ1n) is 5.54.